The van der Waals surface area contributed by atoms with Crippen molar-refractivity contribution in [1.82, 2.24) is 5.32 Å². The summed E-state index contributed by atoms with van der Waals surface area (Å²) in [5.74, 6) is -0.881. The third kappa shape index (κ3) is 6.03. The number of carbonyl (C=O) groups is 2. The van der Waals surface area contributed by atoms with Crippen molar-refractivity contribution >= 4 is 27.8 Å². The fourth-order valence-corrected chi connectivity index (χ4v) is 1.66. The number of carbonyl (C=O) groups excluding carboxylic acids is 1. The second-order valence-electron chi connectivity index (χ2n) is 3.97. The lowest BCUT2D eigenvalue weighted by Gasteiger charge is -2.13. The van der Waals surface area contributed by atoms with E-state index in [1.54, 1.807) is 12.1 Å². The van der Waals surface area contributed by atoms with Crippen molar-refractivity contribution in [3.8, 4) is 5.75 Å². The molecule has 0 heterocycles. The Kier molecular flexibility index (Phi) is 7.03. The summed E-state index contributed by atoms with van der Waals surface area (Å²) in [5.41, 5.74) is 0. The van der Waals surface area contributed by atoms with Gasteiger partial charge in [-0.2, -0.15) is 0 Å². The molecule has 1 aromatic carbocycles. The van der Waals surface area contributed by atoms with E-state index in [1.165, 1.54) is 7.11 Å². The average molecular weight is 346 g/mol. The highest BCUT2D eigenvalue weighted by Gasteiger charge is 2.19. The fraction of sp³-hybridized carbons (Fsp3) is 0.385. The minimum Gasteiger partial charge on any atom is -0.493 e. The molecule has 0 radical (unpaired) electrons. The van der Waals surface area contributed by atoms with Gasteiger partial charge in [-0.25, -0.2) is 4.79 Å². The van der Waals surface area contributed by atoms with Gasteiger partial charge in [0.05, 0.1) is 19.6 Å². The van der Waals surface area contributed by atoms with Crippen LogP contribution in [-0.2, 0) is 14.3 Å². The Bertz CT molecular complexity index is 449. The lowest BCUT2D eigenvalue weighted by molar-refractivity contribution is -0.143. The van der Waals surface area contributed by atoms with Gasteiger partial charge in [-0.05, 0) is 24.3 Å². The zero-order valence-electron chi connectivity index (χ0n) is 11.0. The maximum absolute atomic E-state index is 11.6. The number of hydrogen-bond acceptors (Lipinski definition) is 4. The predicted molar refractivity (Wildman–Crippen MR) is 75.7 cm³/mol. The van der Waals surface area contributed by atoms with Crippen LogP contribution in [0.1, 0.15) is 6.42 Å². The second-order valence-corrected chi connectivity index (χ2v) is 4.88. The number of halogens is 1. The van der Waals surface area contributed by atoms with Crippen molar-refractivity contribution in [1.29, 1.82) is 0 Å². The van der Waals surface area contributed by atoms with Crippen LogP contribution in [0.5, 0.6) is 5.75 Å². The van der Waals surface area contributed by atoms with Gasteiger partial charge >= 0.3 is 5.97 Å². The van der Waals surface area contributed by atoms with Crippen LogP contribution in [0.3, 0.4) is 0 Å². The summed E-state index contributed by atoms with van der Waals surface area (Å²) >= 11 is 3.31. The molecule has 0 aliphatic heterocycles. The molecule has 1 rings (SSSR count). The van der Waals surface area contributed by atoms with Gasteiger partial charge in [0.1, 0.15) is 5.75 Å². The summed E-state index contributed by atoms with van der Waals surface area (Å²) in [5, 5.41) is 11.2. The van der Waals surface area contributed by atoms with Crippen molar-refractivity contribution < 1.29 is 24.2 Å². The van der Waals surface area contributed by atoms with E-state index in [0.29, 0.717) is 5.75 Å². The highest BCUT2D eigenvalue weighted by Crippen LogP contribution is 2.16. The number of carboxylic acids is 1. The summed E-state index contributed by atoms with van der Waals surface area (Å²) in [4.78, 5) is 22.4. The van der Waals surface area contributed by atoms with Crippen LogP contribution in [-0.4, -0.2) is 43.3 Å². The van der Waals surface area contributed by atoms with Gasteiger partial charge in [0, 0.05) is 11.6 Å². The summed E-state index contributed by atoms with van der Waals surface area (Å²) in [6.45, 7) is 0.0986. The van der Waals surface area contributed by atoms with Crippen molar-refractivity contribution in [2.24, 2.45) is 0 Å². The first-order valence-corrected chi connectivity index (χ1v) is 6.71. The van der Waals surface area contributed by atoms with E-state index >= 15 is 0 Å². The molecular weight excluding hydrogens is 330 g/mol. The largest absolute Gasteiger partial charge is 0.493 e. The fourth-order valence-electron chi connectivity index (χ4n) is 1.40. The van der Waals surface area contributed by atoms with Gasteiger partial charge in [-0.1, -0.05) is 15.9 Å². The van der Waals surface area contributed by atoms with Gasteiger partial charge < -0.3 is 19.9 Å². The van der Waals surface area contributed by atoms with Gasteiger partial charge in [-0.3, -0.25) is 4.79 Å². The lowest BCUT2D eigenvalue weighted by atomic mass is 10.3. The smallest absolute Gasteiger partial charge is 0.328 e. The maximum Gasteiger partial charge on any atom is 0.328 e. The molecule has 0 spiro atoms. The monoisotopic (exact) mass is 345 g/mol. The van der Waals surface area contributed by atoms with Gasteiger partial charge in [0.15, 0.2) is 6.04 Å². The quantitative estimate of drug-likeness (QED) is 0.744. The molecule has 1 amide bonds. The molecule has 0 aliphatic rings. The molecule has 110 valence electrons. The lowest BCUT2D eigenvalue weighted by Crippen LogP contribution is -2.44. The van der Waals surface area contributed by atoms with Crippen LogP contribution in [0, 0.1) is 0 Å². The number of amides is 1. The molecule has 0 bridgehead atoms. The molecule has 1 aromatic rings. The SMILES string of the molecule is COCC(NC(=O)CCOc1ccc(Br)cc1)C(=O)O. The molecule has 6 nitrogen and oxygen atoms in total. The van der Waals surface area contributed by atoms with Crippen molar-refractivity contribution in [2.75, 3.05) is 20.3 Å². The molecule has 0 aliphatic carbocycles. The summed E-state index contributed by atoms with van der Waals surface area (Å²) in [7, 11) is 1.37. The summed E-state index contributed by atoms with van der Waals surface area (Å²) in [6.07, 6.45) is 0.0730. The van der Waals surface area contributed by atoms with Crippen molar-refractivity contribution in [2.45, 2.75) is 12.5 Å². The highest BCUT2D eigenvalue weighted by molar-refractivity contribution is 9.10. The number of rotatable bonds is 8. The third-order valence-corrected chi connectivity index (χ3v) is 2.91. The molecule has 20 heavy (non-hydrogen) atoms. The molecule has 0 fully saturated rings. The molecular formula is C13H16BrNO5. The van der Waals surface area contributed by atoms with E-state index in [9.17, 15) is 9.59 Å². The Morgan fingerprint density at radius 2 is 2.00 bits per heavy atom. The van der Waals surface area contributed by atoms with Crippen LogP contribution < -0.4 is 10.1 Å². The minimum absolute atomic E-state index is 0.0730. The number of carboxylic acid groups (broad SMARTS) is 1. The first-order chi connectivity index (χ1) is 9.52. The van der Waals surface area contributed by atoms with E-state index < -0.39 is 17.9 Å². The van der Waals surface area contributed by atoms with Crippen LogP contribution in [0.2, 0.25) is 0 Å². The van der Waals surface area contributed by atoms with Crippen LogP contribution >= 0.6 is 15.9 Å². The third-order valence-electron chi connectivity index (χ3n) is 2.38. The Hall–Kier alpha value is -1.60. The second kappa shape index (κ2) is 8.55. The van der Waals surface area contributed by atoms with Crippen LogP contribution in [0.4, 0.5) is 0 Å². The number of methoxy groups -OCH3 is 1. The standard InChI is InChI=1S/C13H16BrNO5/c1-19-8-11(13(17)18)15-12(16)6-7-20-10-4-2-9(14)3-5-10/h2-5,11H,6-8H2,1H3,(H,15,16)(H,17,18). The van der Waals surface area contributed by atoms with Crippen LogP contribution in [0.15, 0.2) is 28.7 Å². The number of ether oxygens (including phenoxy) is 2. The molecule has 7 heteroatoms. The minimum atomic E-state index is -1.13. The molecule has 0 saturated heterocycles. The van der Waals surface area contributed by atoms with Gasteiger partial charge in [0.2, 0.25) is 5.91 Å². The molecule has 1 unspecified atom stereocenters. The van der Waals surface area contributed by atoms with Crippen LogP contribution in [0.25, 0.3) is 0 Å². The maximum atomic E-state index is 11.6. The average Bonchev–Trinajstić information content (AvgIpc) is 2.40. The number of aliphatic carboxylic acids is 1. The van der Waals surface area contributed by atoms with E-state index in [2.05, 4.69) is 21.2 Å². The Morgan fingerprint density at radius 1 is 1.35 bits per heavy atom. The number of nitrogens with one attached hydrogen (secondary N) is 1. The van der Waals surface area contributed by atoms with Gasteiger partial charge in [-0.15, -0.1) is 0 Å². The van der Waals surface area contributed by atoms with E-state index in [1.807, 2.05) is 12.1 Å². The van der Waals surface area contributed by atoms with E-state index in [-0.39, 0.29) is 19.6 Å². The first kappa shape index (κ1) is 16.5. The van der Waals surface area contributed by atoms with E-state index in [4.69, 9.17) is 14.6 Å². The summed E-state index contributed by atoms with van der Waals surface area (Å²) < 4.78 is 11.0. The molecule has 0 saturated carbocycles. The first-order valence-electron chi connectivity index (χ1n) is 5.92. The Balaban J connectivity index is 2.32. The molecule has 0 aromatic heterocycles. The Labute approximate surface area is 125 Å². The Morgan fingerprint density at radius 3 is 2.55 bits per heavy atom. The number of hydrogen-bond donors (Lipinski definition) is 2. The zero-order chi connectivity index (χ0) is 15.0. The van der Waals surface area contributed by atoms with Gasteiger partial charge in [0.25, 0.3) is 0 Å². The van der Waals surface area contributed by atoms with Crippen molar-refractivity contribution in [3.05, 3.63) is 28.7 Å². The molecule has 2 N–H and O–H groups in total. The zero-order valence-corrected chi connectivity index (χ0v) is 12.6. The predicted octanol–water partition coefficient (Wildman–Crippen LogP) is 1.43. The topological polar surface area (TPSA) is 84.9 Å². The normalized spacial score (nSPS) is 11.7. The molecule has 1 atom stereocenters. The van der Waals surface area contributed by atoms with Crippen molar-refractivity contribution in [3.63, 3.8) is 0 Å². The van der Waals surface area contributed by atoms with E-state index in [0.717, 1.165) is 4.47 Å². The highest BCUT2D eigenvalue weighted by atomic mass is 79.9. The summed E-state index contributed by atoms with van der Waals surface area (Å²) in [6, 6.07) is 6.16. The number of benzene rings is 1.